The van der Waals surface area contributed by atoms with Gasteiger partial charge in [-0.25, -0.2) is 22.0 Å². The Morgan fingerprint density at radius 1 is 1.06 bits per heavy atom. The Labute approximate surface area is 302 Å². The number of sulfonamides is 1. The molecule has 6 rings (SSSR count). The molecule has 3 aromatic carbocycles. The molecule has 3 aromatic rings. The highest BCUT2D eigenvalue weighted by atomic mass is 32.2. The molecule has 12 nitrogen and oxygen atoms in total. The number of aliphatic hydroxyl groups excluding tert-OH is 1. The SMILES string of the molecule is CN=C1Cc2cc(S(=O)(=O)N(CC(C)C)C[C@@H](O)[C@H](Cc3ccccc3)NC(=O)OC3CO[C@H]4OC[C@H](OCc5ccc(F)cc5F)[C@@H]34)ccc2N1. The molecule has 1 unspecified atom stereocenters. The number of hydrogen-bond acceptors (Lipinski definition) is 9. The molecule has 6 atom stereocenters. The molecular formula is C37H44F2N4O8S. The zero-order chi connectivity index (χ0) is 37.0. The predicted octanol–water partition coefficient (Wildman–Crippen LogP) is 4.26. The predicted molar refractivity (Wildman–Crippen MR) is 188 cm³/mol. The number of aliphatic imine (C=N–C) groups is 1. The van der Waals surface area contributed by atoms with Crippen LogP contribution in [0.1, 0.15) is 30.5 Å². The molecule has 15 heteroatoms. The minimum Gasteiger partial charge on any atom is -0.443 e. The van der Waals surface area contributed by atoms with Crippen LogP contribution in [0.5, 0.6) is 0 Å². The van der Waals surface area contributed by atoms with Crippen molar-refractivity contribution in [3.8, 4) is 0 Å². The van der Waals surface area contributed by atoms with Crippen LogP contribution in [-0.2, 0) is 48.4 Å². The first-order chi connectivity index (χ1) is 24.9. The van der Waals surface area contributed by atoms with Crippen LogP contribution in [0.2, 0.25) is 0 Å². The van der Waals surface area contributed by atoms with Crippen LogP contribution in [0.4, 0.5) is 19.3 Å². The average molecular weight is 743 g/mol. The van der Waals surface area contributed by atoms with E-state index in [0.29, 0.717) is 6.42 Å². The van der Waals surface area contributed by atoms with E-state index >= 15 is 0 Å². The highest BCUT2D eigenvalue weighted by Crippen LogP contribution is 2.36. The van der Waals surface area contributed by atoms with Gasteiger partial charge in [0.05, 0.1) is 48.9 Å². The summed E-state index contributed by atoms with van der Waals surface area (Å²) in [7, 11) is -2.39. The summed E-state index contributed by atoms with van der Waals surface area (Å²) >= 11 is 0. The van der Waals surface area contributed by atoms with Gasteiger partial charge in [-0.1, -0.05) is 50.2 Å². The van der Waals surface area contributed by atoms with Crippen molar-refractivity contribution in [3.63, 3.8) is 0 Å². The molecule has 0 spiro atoms. The van der Waals surface area contributed by atoms with Crippen molar-refractivity contribution in [2.45, 2.75) is 68.8 Å². The van der Waals surface area contributed by atoms with Crippen LogP contribution in [0.15, 0.2) is 76.6 Å². The van der Waals surface area contributed by atoms with E-state index < -0.39 is 64.3 Å². The molecule has 1 amide bonds. The van der Waals surface area contributed by atoms with Gasteiger partial charge in [-0.3, -0.25) is 4.99 Å². The van der Waals surface area contributed by atoms with E-state index in [2.05, 4.69) is 15.6 Å². The Balaban J connectivity index is 1.15. The smallest absolute Gasteiger partial charge is 0.407 e. The topological polar surface area (TPSA) is 148 Å². The molecule has 0 aromatic heterocycles. The second kappa shape index (κ2) is 16.4. The van der Waals surface area contributed by atoms with Gasteiger partial charge >= 0.3 is 6.09 Å². The summed E-state index contributed by atoms with van der Waals surface area (Å²) in [5, 5.41) is 17.6. The number of anilines is 1. The number of fused-ring (bicyclic) bond motifs is 2. The maximum absolute atomic E-state index is 14.2. The minimum atomic E-state index is -4.06. The molecule has 0 radical (unpaired) electrons. The van der Waals surface area contributed by atoms with Crippen LogP contribution < -0.4 is 10.6 Å². The van der Waals surface area contributed by atoms with Crippen LogP contribution in [0.3, 0.4) is 0 Å². The van der Waals surface area contributed by atoms with E-state index in [4.69, 9.17) is 18.9 Å². The first kappa shape index (κ1) is 37.8. The summed E-state index contributed by atoms with van der Waals surface area (Å²) in [6.45, 7) is 3.59. The number of aliphatic hydroxyl groups is 1. The second-order valence-corrected chi connectivity index (χ2v) is 15.6. The molecule has 3 heterocycles. The monoisotopic (exact) mass is 742 g/mol. The number of amidine groups is 1. The van der Waals surface area contributed by atoms with Crippen molar-refractivity contribution in [2.75, 3.05) is 38.7 Å². The minimum absolute atomic E-state index is 0.0156. The van der Waals surface area contributed by atoms with E-state index in [-0.39, 0.29) is 55.7 Å². The lowest BCUT2D eigenvalue weighted by molar-refractivity contribution is -0.0916. The molecule has 0 saturated carbocycles. The zero-order valence-corrected chi connectivity index (χ0v) is 30.0. The standard InChI is InChI=1S/C37H44F2N4O8S/c1-22(2)17-43(52(46,47)27-11-12-29-25(14-27)15-34(40-3)41-29)18-31(44)30(13-23-7-5-4-6-8-23)42-37(45)51-33-21-50-36-35(33)32(20-49-36)48-19-24-9-10-26(38)16-28(24)39/h4-12,14,16,22,30-33,35-36,44H,13,15,17-21H2,1-3H3,(H,40,41)(H,42,45)/t30-,31+,32-,33?,35-,36+/m0/s1. The molecular weight excluding hydrogens is 698 g/mol. The number of carbonyl (C=O) groups is 1. The molecule has 2 fully saturated rings. The Morgan fingerprint density at radius 3 is 2.52 bits per heavy atom. The third-order valence-corrected chi connectivity index (χ3v) is 11.2. The lowest BCUT2D eigenvalue weighted by Gasteiger charge is -2.31. The first-order valence-electron chi connectivity index (χ1n) is 17.2. The Bertz CT molecular complexity index is 1870. The number of nitrogens with one attached hydrogen (secondary N) is 2. The van der Waals surface area contributed by atoms with Crippen LogP contribution in [0, 0.1) is 23.5 Å². The van der Waals surface area contributed by atoms with Crippen molar-refractivity contribution in [1.29, 1.82) is 0 Å². The van der Waals surface area contributed by atoms with Gasteiger partial charge < -0.3 is 34.7 Å². The third-order valence-electron chi connectivity index (χ3n) is 9.40. The summed E-state index contributed by atoms with van der Waals surface area (Å²) in [5.41, 5.74) is 2.57. The number of carbonyl (C=O) groups excluding carboxylic acids is 1. The molecule has 0 aliphatic carbocycles. The number of benzene rings is 3. The van der Waals surface area contributed by atoms with Gasteiger partial charge in [0.15, 0.2) is 6.29 Å². The summed E-state index contributed by atoms with van der Waals surface area (Å²) in [5.74, 6) is -1.29. The van der Waals surface area contributed by atoms with Gasteiger partial charge in [0.2, 0.25) is 10.0 Å². The lowest BCUT2D eigenvalue weighted by Crippen LogP contribution is -2.52. The Hall–Kier alpha value is -3.99. The fraction of sp³-hybridized carbons (Fsp3) is 0.459. The number of alkyl carbamates (subject to hydrolysis) is 1. The Morgan fingerprint density at radius 2 is 1.81 bits per heavy atom. The van der Waals surface area contributed by atoms with Crippen molar-refractivity contribution >= 4 is 27.6 Å². The number of nitrogens with zero attached hydrogens (tertiary/aromatic N) is 2. The molecule has 52 heavy (non-hydrogen) atoms. The number of hydrogen-bond donors (Lipinski definition) is 3. The summed E-state index contributed by atoms with van der Waals surface area (Å²) in [6, 6.07) is 16.4. The summed E-state index contributed by atoms with van der Waals surface area (Å²) < 4.78 is 80.2. The van der Waals surface area contributed by atoms with Gasteiger partial charge in [-0.05, 0) is 47.7 Å². The largest absolute Gasteiger partial charge is 0.443 e. The van der Waals surface area contributed by atoms with Crippen LogP contribution in [0.25, 0.3) is 0 Å². The molecule has 2 saturated heterocycles. The van der Waals surface area contributed by atoms with E-state index in [1.54, 1.807) is 19.2 Å². The van der Waals surface area contributed by atoms with Gasteiger partial charge in [0, 0.05) is 43.9 Å². The second-order valence-electron chi connectivity index (χ2n) is 13.7. The van der Waals surface area contributed by atoms with Gasteiger partial charge in [-0.2, -0.15) is 4.31 Å². The van der Waals surface area contributed by atoms with E-state index in [9.17, 15) is 27.1 Å². The normalized spacial score (nSPS) is 23.0. The summed E-state index contributed by atoms with van der Waals surface area (Å²) in [4.78, 5) is 17.8. The van der Waals surface area contributed by atoms with E-state index in [0.717, 1.165) is 34.8 Å². The van der Waals surface area contributed by atoms with Gasteiger partial charge in [0.25, 0.3) is 0 Å². The van der Waals surface area contributed by atoms with Crippen LogP contribution >= 0.6 is 0 Å². The van der Waals surface area contributed by atoms with Crippen molar-refractivity contribution in [2.24, 2.45) is 16.8 Å². The third kappa shape index (κ3) is 8.78. The highest BCUT2D eigenvalue weighted by molar-refractivity contribution is 7.89. The van der Waals surface area contributed by atoms with Crippen molar-refractivity contribution in [3.05, 3.63) is 95.1 Å². The van der Waals surface area contributed by atoms with Crippen LogP contribution in [-0.4, -0.2) is 93.8 Å². The average Bonchev–Trinajstić information content (AvgIpc) is 3.83. The van der Waals surface area contributed by atoms with Gasteiger partial charge in [0.1, 0.15) is 23.6 Å². The fourth-order valence-electron chi connectivity index (χ4n) is 6.72. The molecule has 280 valence electrons. The summed E-state index contributed by atoms with van der Waals surface area (Å²) in [6.07, 6.45) is -3.63. The van der Waals surface area contributed by atoms with E-state index in [1.165, 1.54) is 16.4 Å². The fourth-order valence-corrected chi connectivity index (χ4v) is 8.39. The quantitative estimate of drug-likeness (QED) is 0.221. The number of rotatable bonds is 14. The molecule has 3 aliphatic heterocycles. The highest BCUT2D eigenvalue weighted by Gasteiger charge is 2.51. The van der Waals surface area contributed by atoms with Crippen molar-refractivity contribution in [1.82, 2.24) is 9.62 Å². The molecule has 3 aliphatic rings. The lowest BCUT2D eigenvalue weighted by atomic mass is 10.00. The molecule has 3 N–H and O–H groups in total. The zero-order valence-electron chi connectivity index (χ0n) is 29.2. The number of amides is 1. The van der Waals surface area contributed by atoms with E-state index in [1.807, 2.05) is 44.2 Å². The first-order valence-corrected chi connectivity index (χ1v) is 18.7. The maximum atomic E-state index is 14.2. The van der Waals surface area contributed by atoms with Crippen molar-refractivity contribution < 1.29 is 46.0 Å². The Kier molecular flexibility index (Phi) is 11.9. The number of halogens is 2. The van der Waals surface area contributed by atoms with Gasteiger partial charge in [-0.15, -0.1) is 0 Å². The maximum Gasteiger partial charge on any atom is 0.407 e. The number of ether oxygens (including phenoxy) is 4. The molecule has 0 bridgehead atoms.